The zero-order valence-corrected chi connectivity index (χ0v) is 22.2. The molecule has 0 aromatic carbocycles. The summed E-state index contributed by atoms with van der Waals surface area (Å²) in [5, 5.41) is 41.5. The minimum atomic E-state index is -5.05. The number of rotatable bonds is 8. The molecule has 9 atom stereocenters. The molecular weight excluding hydrogens is 585 g/mol. The Balaban J connectivity index is 1.19. The van der Waals surface area contributed by atoms with Gasteiger partial charge in [-0.2, -0.15) is 4.98 Å². The van der Waals surface area contributed by atoms with E-state index in [0.717, 1.165) is 10.9 Å². The average molecular weight is 611 g/mol. The number of imidazole rings is 2. The van der Waals surface area contributed by atoms with Gasteiger partial charge in [-0.25, -0.2) is 19.5 Å². The Morgan fingerprint density at radius 2 is 1.67 bits per heavy atom. The first-order chi connectivity index (χ1) is 20.0. The monoisotopic (exact) mass is 611 g/mol. The zero-order chi connectivity index (χ0) is 29.9. The van der Waals surface area contributed by atoms with E-state index in [1.165, 1.54) is 23.2 Å². The second-order valence-corrected chi connectivity index (χ2v) is 11.0. The molecule has 4 aromatic heterocycles. The lowest BCUT2D eigenvalue weighted by atomic mass is 10.1. The van der Waals surface area contributed by atoms with Crippen molar-refractivity contribution in [3.63, 3.8) is 0 Å². The Labute approximate surface area is 233 Å². The average Bonchev–Trinajstić information content (AvgIpc) is 3.69. The fourth-order valence-corrected chi connectivity index (χ4v) is 5.86. The maximum Gasteiger partial charge on any atom is 0.472 e. The molecule has 21 heteroatoms. The van der Waals surface area contributed by atoms with Gasteiger partial charge in [0.05, 0.1) is 31.6 Å². The Hall–Kier alpha value is -3.56. The molecule has 0 saturated carbocycles. The van der Waals surface area contributed by atoms with E-state index >= 15 is 0 Å². The minimum Gasteiger partial charge on any atom is -0.397 e. The first-order valence-corrected chi connectivity index (χ1v) is 13.9. The largest absolute Gasteiger partial charge is 0.472 e. The molecule has 0 aliphatic carbocycles. The number of hydrogen-bond acceptors (Lipinski definition) is 16. The van der Waals surface area contributed by atoms with Crippen molar-refractivity contribution in [3.8, 4) is 0 Å². The van der Waals surface area contributed by atoms with Crippen LogP contribution in [-0.4, -0.2) is 109 Å². The predicted octanol–water partition coefficient (Wildman–Crippen LogP) is -2.90. The highest BCUT2D eigenvalue weighted by Crippen LogP contribution is 2.50. The molecule has 2 aliphatic rings. The second kappa shape index (κ2) is 10.6. The summed E-state index contributed by atoms with van der Waals surface area (Å²) in [4.78, 5) is 41.2. The van der Waals surface area contributed by atoms with Crippen LogP contribution in [-0.2, 0) is 23.1 Å². The third-order valence-corrected chi connectivity index (χ3v) is 7.96. The van der Waals surface area contributed by atoms with Crippen LogP contribution in [0.15, 0.2) is 29.7 Å². The molecule has 0 radical (unpaired) electrons. The van der Waals surface area contributed by atoms with Crippen LogP contribution in [0, 0.1) is 0 Å². The summed E-state index contributed by atoms with van der Waals surface area (Å²) < 4.78 is 37.1. The van der Waals surface area contributed by atoms with Crippen molar-refractivity contribution in [1.82, 2.24) is 34.1 Å². The fourth-order valence-electron chi connectivity index (χ4n) is 4.92. The third-order valence-electron chi connectivity index (χ3n) is 6.98. The number of nitrogens with one attached hydrogen (secondary N) is 1. The standard InChI is InChI=1S/C21H26N9O11P/c22-7-1-2-24-16-10(7)25-5-29(16)19-14(34)12(32)9(40-19)4-38-42(36,37)41-15-13(33)8(3-31)39-20(15)30-6-26-11-17(30)27-21(23)28-18(11)35/h1-2,5-6,8-9,12-15,19-20,31-34H,3-4H2,(H2,22,24)(H,36,37)(H3,23,27,28,35)/t8-,9-,12-,13-,14-,15-,19-,20-/m1/s1. The Morgan fingerprint density at radius 1 is 0.976 bits per heavy atom. The highest BCUT2D eigenvalue weighted by Gasteiger charge is 2.50. The third kappa shape index (κ3) is 4.82. The van der Waals surface area contributed by atoms with E-state index in [-0.39, 0.29) is 22.8 Å². The van der Waals surface area contributed by atoms with E-state index in [4.69, 9.17) is 30.0 Å². The molecule has 20 nitrogen and oxygen atoms in total. The molecule has 2 aliphatic heterocycles. The van der Waals surface area contributed by atoms with Crippen LogP contribution in [0.4, 0.5) is 11.6 Å². The molecule has 0 bridgehead atoms. The highest BCUT2D eigenvalue weighted by molar-refractivity contribution is 7.47. The van der Waals surface area contributed by atoms with E-state index in [1.807, 2.05) is 0 Å². The Bertz CT molecular complexity index is 1730. The van der Waals surface area contributed by atoms with Crippen LogP contribution in [0.5, 0.6) is 0 Å². The molecule has 1 unspecified atom stereocenters. The maximum absolute atomic E-state index is 13.0. The van der Waals surface area contributed by atoms with Gasteiger partial charge in [0.1, 0.15) is 42.1 Å². The number of aromatic amines is 1. The number of fused-ring (bicyclic) bond motifs is 2. The lowest BCUT2D eigenvalue weighted by Gasteiger charge is -2.24. The van der Waals surface area contributed by atoms with Crippen molar-refractivity contribution >= 4 is 41.8 Å². The van der Waals surface area contributed by atoms with Gasteiger partial charge in [-0.1, -0.05) is 0 Å². The number of anilines is 2. The normalized spacial score (nSPS) is 31.3. The minimum absolute atomic E-state index is 0.0832. The summed E-state index contributed by atoms with van der Waals surface area (Å²) >= 11 is 0. The Kier molecular flexibility index (Phi) is 7.22. The molecule has 0 amide bonds. The topological polar surface area (TPSA) is 301 Å². The quantitative estimate of drug-likeness (QED) is 0.0926. The van der Waals surface area contributed by atoms with Gasteiger partial charge in [0.2, 0.25) is 5.95 Å². The van der Waals surface area contributed by atoms with Gasteiger partial charge in [0.25, 0.3) is 5.56 Å². The number of aromatic nitrogens is 7. The zero-order valence-electron chi connectivity index (χ0n) is 21.3. The summed E-state index contributed by atoms with van der Waals surface area (Å²) in [5.41, 5.74) is 11.6. The van der Waals surface area contributed by atoms with Crippen molar-refractivity contribution in [2.24, 2.45) is 0 Å². The van der Waals surface area contributed by atoms with Crippen LogP contribution in [0.25, 0.3) is 22.3 Å². The summed E-state index contributed by atoms with van der Waals surface area (Å²) in [6, 6.07) is 1.54. The molecule has 6 rings (SSSR count). The Morgan fingerprint density at radius 3 is 2.40 bits per heavy atom. The van der Waals surface area contributed by atoms with Crippen molar-refractivity contribution in [2.75, 3.05) is 24.7 Å². The van der Waals surface area contributed by atoms with Gasteiger partial charge >= 0.3 is 7.82 Å². The van der Waals surface area contributed by atoms with Crippen LogP contribution in [0.1, 0.15) is 12.5 Å². The number of nitrogens with two attached hydrogens (primary N) is 2. The number of nitrogens with zero attached hydrogens (tertiary/aromatic N) is 6. The number of ether oxygens (including phenoxy) is 2. The summed E-state index contributed by atoms with van der Waals surface area (Å²) in [6.07, 6.45) is -7.66. The number of H-pyrrole nitrogens is 1. The van der Waals surface area contributed by atoms with Crippen LogP contribution in [0.2, 0.25) is 0 Å². The second-order valence-electron chi connectivity index (χ2n) is 9.62. The number of pyridine rings is 1. The summed E-state index contributed by atoms with van der Waals surface area (Å²) in [5.74, 6) is -0.251. The van der Waals surface area contributed by atoms with Crippen LogP contribution >= 0.6 is 7.82 Å². The number of aliphatic hydroxyl groups is 4. The molecule has 42 heavy (non-hydrogen) atoms. The lowest BCUT2D eigenvalue weighted by Crippen LogP contribution is -2.36. The van der Waals surface area contributed by atoms with Crippen molar-refractivity contribution in [1.29, 1.82) is 0 Å². The van der Waals surface area contributed by atoms with E-state index in [2.05, 4.69) is 24.9 Å². The maximum atomic E-state index is 13.0. The summed E-state index contributed by atoms with van der Waals surface area (Å²) in [7, 11) is -5.05. The number of phosphoric acid groups is 1. The van der Waals surface area contributed by atoms with Gasteiger partial charge in [0.15, 0.2) is 29.3 Å². The van der Waals surface area contributed by atoms with Crippen molar-refractivity contribution in [3.05, 3.63) is 35.3 Å². The molecule has 2 fully saturated rings. The first-order valence-electron chi connectivity index (χ1n) is 12.4. The molecule has 4 aromatic rings. The molecule has 226 valence electrons. The molecule has 0 spiro atoms. The predicted molar refractivity (Wildman–Crippen MR) is 138 cm³/mol. The fraction of sp³-hybridized carbons (Fsp3) is 0.476. The SMILES string of the molecule is Nc1nc2c(ncn2[C@@H]2O[C@H](CO)[C@@H](O)[C@H]2OP(=O)(O)OC[C@H]2O[C@@H](n3cnc4c(N)ccnc43)[C@H](O)[C@@H]2O)c(=O)[nH]1. The van der Waals surface area contributed by atoms with E-state index in [1.54, 1.807) is 0 Å². The van der Waals surface area contributed by atoms with Gasteiger partial charge in [-0.05, 0) is 6.07 Å². The van der Waals surface area contributed by atoms with Gasteiger partial charge in [0, 0.05) is 6.20 Å². The molecule has 6 heterocycles. The number of hydrogen-bond donors (Lipinski definition) is 8. The van der Waals surface area contributed by atoms with E-state index in [0.29, 0.717) is 11.2 Å². The van der Waals surface area contributed by atoms with Gasteiger partial charge in [-0.15, -0.1) is 0 Å². The smallest absolute Gasteiger partial charge is 0.397 e. The van der Waals surface area contributed by atoms with Crippen molar-refractivity contribution < 1.29 is 48.4 Å². The number of aliphatic hydroxyl groups excluding tert-OH is 4. The summed E-state index contributed by atoms with van der Waals surface area (Å²) in [6.45, 7) is -1.42. The molecule has 2 saturated heterocycles. The first kappa shape index (κ1) is 28.6. The molecular formula is C21H26N9O11P. The van der Waals surface area contributed by atoms with E-state index in [9.17, 15) is 34.7 Å². The highest BCUT2D eigenvalue weighted by atomic mass is 31.2. The van der Waals surface area contributed by atoms with Crippen molar-refractivity contribution in [2.45, 2.75) is 49.1 Å². The number of nitrogen functional groups attached to an aromatic ring is 2. The lowest BCUT2D eigenvalue weighted by molar-refractivity contribution is -0.0615. The van der Waals surface area contributed by atoms with E-state index < -0.39 is 75.7 Å². The van der Waals surface area contributed by atoms with Gasteiger partial charge in [-0.3, -0.25) is 28.0 Å². The van der Waals surface area contributed by atoms with Gasteiger partial charge < -0.3 is 46.3 Å². The van der Waals surface area contributed by atoms with Crippen LogP contribution < -0.4 is 17.0 Å². The molecule has 10 N–H and O–H groups in total. The number of phosphoric ester groups is 1. The van der Waals surface area contributed by atoms with Crippen LogP contribution in [0.3, 0.4) is 0 Å².